The predicted octanol–water partition coefficient (Wildman–Crippen LogP) is -0.00220. The molecule has 7 heteroatoms. The van der Waals surface area contributed by atoms with Crippen molar-refractivity contribution >= 4 is 15.9 Å². The van der Waals surface area contributed by atoms with Crippen LogP contribution in [0, 0.1) is 0 Å². The highest BCUT2D eigenvalue weighted by atomic mass is 32.2. The average molecular weight is 291 g/mol. The zero-order valence-electron chi connectivity index (χ0n) is 11.8. The zero-order chi connectivity index (χ0) is 14.5. The van der Waals surface area contributed by atoms with Crippen LogP contribution in [0.15, 0.2) is 0 Å². The second-order valence-electron chi connectivity index (χ2n) is 4.94. The van der Waals surface area contributed by atoms with Gasteiger partial charge in [0.2, 0.25) is 15.9 Å². The summed E-state index contributed by atoms with van der Waals surface area (Å²) in [7, 11) is -3.15. The van der Waals surface area contributed by atoms with Crippen molar-refractivity contribution in [2.24, 2.45) is 5.73 Å². The van der Waals surface area contributed by atoms with E-state index in [0.717, 1.165) is 6.42 Å². The number of piperazine rings is 1. The van der Waals surface area contributed by atoms with Gasteiger partial charge in [-0.3, -0.25) is 4.79 Å². The maximum atomic E-state index is 12.0. The number of carbonyl (C=O) groups is 1. The molecule has 0 spiro atoms. The SMILES string of the molecule is CCC[C@H](N)C(=O)N1CCN(S(=O)(=O)CCC)CC1. The lowest BCUT2D eigenvalue weighted by Crippen LogP contribution is -2.54. The molecule has 1 rings (SSSR count). The molecule has 0 unspecified atom stereocenters. The summed E-state index contributed by atoms with van der Waals surface area (Å²) in [5.41, 5.74) is 5.80. The topological polar surface area (TPSA) is 83.7 Å². The smallest absolute Gasteiger partial charge is 0.239 e. The monoisotopic (exact) mass is 291 g/mol. The third kappa shape index (κ3) is 4.43. The van der Waals surface area contributed by atoms with Crippen LogP contribution in [0.4, 0.5) is 0 Å². The van der Waals surface area contributed by atoms with Crippen LogP contribution in [0.3, 0.4) is 0 Å². The van der Waals surface area contributed by atoms with Gasteiger partial charge in [0.25, 0.3) is 0 Å². The van der Waals surface area contributed by atoms with E-state index in [2.05, 4.69) is 0 Å². The lowest BCUT2D eigenvalue weighted by atomic mass is 10.1. The molecule has 112 valence electrons. The van der Waals surface area contributed by atoms with Crippen LogP contribution >= 0.6 is 0 Å². The van der Waals surface area contributed by atoms with E-state index in [1.807, 2.05) is 13.8 Å². The first-order chi connectivity index (χ1) is 8.92. The van der Waals surface area contributed by atoms with Crippen molar-refractivity contribution in [2.45, 2.75) is 39.2 Å². The lowest BCUT2D eigenvalue weighted by molar-refractivity contribution is -0.133. The molecule has 1 aliphatic heterocycles. The molecular formula is C12H25N3O3S. The Balaban J connectivity index is 2.51. The third-order valence-corrected chi connectivity index (χ3v) is 5.40. The van der Waals surface area contributed by atoms with E-state index in [9.17, 15) is 13.2 Å². The van der Waals surface area contributed by atoms with Crippen molar-refractivity contribution < 1.29 is 13.2 Å². The molecule has 2 N–H and O–H groups in total. The lowest BCUT2D eigenvalue weighted by Gasteiger charge is -2.35. The van der Waals surface area contributed by atoms with Crippen LogP contribution in [0.5, 0.6) is 0 Å². The molecule has 0 bridgehead atoms. The normalized spacial score (nSPS) is 19.4. The van der Waals surface area contributed by atoms with Gasteiger partial charge in [0.15, 0.2) is 0 Å². The van der Waals surface area contributed by atoms with Crippen molar-refractivity contribution in [3.05, 3.63) is 0 Å². The Morgan fingerprint density at radius 3 is 2.21 bits per heavy atom. The third-order valence-electron chi connectivity index (χ3n) is 3.32. The van der Waals surface area contributed by atoms with Crippen LogP contribution in [0.1, 0.15) is 33.1 Å². The number of sulfonamides is 1. The molecule has 19 heavy (non-hydrogen) atoms. The van der Waals surface area contributed by atoms with E-state index >= 15 is 0 Å². The molecule has 0 aromatic rings. The maximum Gasteiger partial charge on any atom is 0.239 e. The molecule has 1 fully saturated rings. The summed E-state index contributed by atoms with van der Waals surface area (Å²) in [5, 5.41) is 0. The minimum absolute atomic E-state index is 0.0608. The van der Waals surface area contributed by atoms with Gasteiger partial charge in [-0.1, -0.05) is 20.3 Å². The summed E-state index contributed by atoms with van der Waals surface area (Å²) in [5.74, 6) is 0.116. The molecular weight excluding hydrogens is 266 g/mol. The highest BCUT2D eigenvalue weighted by molar-refractivity contribution is 7.89. The summed E-state index contributed by atoms with van der Waals surface area (Å²) in [6, 6.07) is -0.455. The predicted molar refractivity (Wildman–Crippen MR) is 75.1 cm³/mol. The van der Waals surface area contributed by atoms with E-state index < -0.39 is 16.1 Å². The molecule has 0 saturated carbocycles. The van der Waals surface area contributed by atoms with Gasteiger partial charge in [-0.25, -0.2) is 8.42 Å². The second-order valence-corrected chi connectivity index (χ2v) is 7.02. The minimum atomic E-state index is -3.15. The number of nitrogens with zero attached hydrogens (tertiary/aromatic N) is 2. The van der Waals surface area contributed by atoms with Crippen LogP contribution in [0.2, 0.25) is 0 Å². The number of hydrogen-bond acceptors (Lipinski definition) is 4. The van der Waals surface area contributed by atoms with Gasteiger partial charge in [0.1, 0.15) is 0 Å². The summed E-state index contributed by atoms with van der Waals surface area (Å²) >= 11 is 0. The van der Waals surface area contributed by atoms with Crippen LogP contribution in [-0.4, -0.2) is 61.5 Å². The minimum Gasteiger partial charge on any atom is -0.339 e. The second kappa shape index (κ2) is 7.21. The number of rotatable bonds is 6. The number of carbonyl (C=O) groups excluding carboxylic acids is 1. The number of amides is 1. The van der Waals surface area contributed by atoms with Gasteiger partial charge in [-0.2, -0.15) is 4.31 Å². The molecule has 1 saturated heterocycles. The van der Waals surface area contributed by atoms with Crippen molar-refractivity contribution in [1.82, 2.24) is 9.21 Å². The van der Waals surface area contributed by atoms with E-state index in [-0.39, 0.29) is 11.7 Å². The summed E-state index contributed by atoms with van der Waals surface area (Å²) < 4.78 is 25.3. The van der Waals surface area contributed by atoms with E-state index in [1.54, 1.807) is 4.90 Å². The maximum absolute atomic E-state index is 12.0. The van der Waals surface area contributed by atoms with Gasteiger partial charge in [-0.15, -0.1) is 0 Å². The van der Waals surface area contributed by atoms with Gasteiger partial charge in [0.05, 0.1) is 11.8 Å². The quantitative estimate of drug-likeness (QED) is 0.746. The molecule has 1 heterocycles. The molecule has 0 aromatic heterocycles. The standard InChI is InChI=1S/C12H25N3O3S/c1-3-5-11(13)12(16)14-6-8-15(9-7-14)19(17,18)10-4-2/h11H,3-10,13H2,1-2H3/t11-/m0/s1. The number of hydrogen-bond donors (Lipinski definition) is 1. The van der Waals surface area contributed by atoms with Crippen molar-refractivity contribution in [3.8, 4) is 0 Å². The fourth-order valence-electron chi connectivity index (χ4n) is 2.24. The van der Waals surface area contributed by atoms with Crippen molar-refractivity contribution in [3.63, 3.8) is 0 Å². The first-order valence-corrected chi connectivity index (χ1v) is 8.55. The van der Waals surface area contributed by atoms with E-state index in [4.69, 9.17) is 5.73 Å². The van der Waals surface area contributed by atoms with E-state index in [1.165, 1.54) is 4.31 Å². The van der Waals surface area contributed by atoms with E-state index in [0.29, 0.717) is 39.0 Å². The fourth-order valence-corrected chi connectivity index (χ4v) is 3.74. The molecule has 1 aliphatic rings. The molecule has 0 aliphatic carbocycles. The summed E-state index contributed by atoms with van der Waals surface area (Å²) in [4.78, 5) is 13.7. The fraction of sp³-hybridized carbons (Fsp3) is 0.917. The Labute approximate surface area is 116 Å². The zero-order valence-corrected chi connectivity index (χ0v) is 12.7. The highest BCUT2D eigenvalue weighted by Gasteiger charge is 2.29. The highest BCUT2D eigenvalue weighted by Crippen LogP contribution is 2.10. The summed E-state index contributed by atoms with van der Waals surface area (Å²) in [6.45, 7) is 5.49. The Bertz CT molecular complexity index is 389. The number of nitrogens with two attached hydrogens (primary N) is 1. The first-order valence-electron chi connectivity index (χ1n) is 6.94. The Morgan fingerprint density at radius 2 is 1.74 bits per heavy atom. The molecule has 1 atom stereocenters. The first kappa shape index (κ1) is 16.4. The van der Waals surface area contributed by atoms with Gasteiger partial charge < -0.3 is 10.6 Å². The van der Waals surface area contributed by atoms with Crippen LogP contribution in [0.25, 0.3) is 0 Å². The van der Waals surface area contributed by atoms with Crippen molar-refractivity contribution in [2.75, 3.05) is 31.9 Å². The van der Waals surface area contributed by atoms with Crippen LogP contribution in [-0.2, 0) is 14.8 Å². The summed E-state index contributed by atoms with van der Waals surface area (Å²) in [6.07, 6.45) is 2.16. The molecule has 0 radical (unpaired) electrons. The van der Waals surface area contributed by atoms with Crippen molar-refractivity contribution in [1.29, 1.82) is 0 Å². The molecule has 6 nitrogen and oxygen atoms in total. The Kier molecular flexibility index (Phi) is 6.22. The Morgan fingerprint density at radius 1 is 1.16 bits per heavy atom. The van der Waals surface area contributed by atoms with Gasteiger partial charge in [-0.05, 0) is 12.8 Å². The average Bonchev–Trinajstić information content (AvgIpc) is 2.38. The largest absolute Gasteiger partial charge is 0.339 e. The van der Waals surface area contributed by atoms with Gasteiger partial charge >= 0.3 is 0 Å². The molecule has 1 amide bonds. The molecule has 0 aromatic carbocycles. The van der Waals surface area contributed by atoms with Crippen LogP contribution < -0.4 is 5.73 Å². The van der Waals surface area contributed by atoms with Gasteiger partial charge in [0, 0.05) is 26.2 Å². The Hall–Kier alpha value is -0.660.